The van der Waals surface area contributed by atoms with E-state index in [1.54, 1.807) is 10.6 Å². The molecule has 2 aromatic rings. The minimum absolute atomic E-state index is 0.0283. The molecule has 0 atom stereocenters. The summed E-state index contributed by atoms with van der Waals surface area (Å²) in [6, 6.07) is 2.98. The number of carbonyl (C=O) groups is 2. The van der Waals surface area contributed by atoms with Crippen LogP contribution >= 0.6 is 0 Å². The van der Waals surface area contributed by atoms with Crippen molar-refractivity contribution in [3.8, 4) is 5.69 Å². The highest BCUT2D eigenvalue weighted by molar-refractivity contribution is 5.85. The van der Waals surface area contributed by atoms with Gasteiger partial charge in [-0.3, -0.25) is 4.79 Å². The van der Waals surface area contributed by atoms with Gasteiger partial charge in [-0.05, 0) is 12.1 Å². The lowest BCUT2D eigenvalue weighted by Crippen LogP contribution is -2.00. The van der Waals surface area contributed by atoms with Crippen LogP contribution in [0.25, 0.3) is 5.69 Å². The normalized spacial score (nSPS) is 10.0. The van der Waals surface area contributed by atoms with Gasteiger partial charge in [0.15, 0.2) is 6.29 Å². The number of imidazole rings is 1. The Morgan fingerprint density at radius 2 is 2.19 bits per heavy atom. The molecule has 6 heteroatoms. The average Bonchev–Trinajstić information content (AvgIpc) is 2.77. The second-order valence-electron chi connectivity index (χ2n) is 3.03. The van der Waals surface area contributed by atoms with Gasteiger partial charge in [-0.1, -0.05) is 0 Å². The highest BCUT2D eigenvalue weighted by Gasteiger charge is 2.05. The molecule has 16 heavy (non-hydrogen) atoms. The zero-order valence-electron chi connectivity index (χ0n) is 8.07. The lowest BCUT2D eigenvalue weighted by atomic mass is 10.3. The zero-order valence-corrected chi connectivity index (χ0v) is 8.07. The van der Waals surface area contributed by atoms with Crippen LogP contribution in [0.2, 0.25) is 0 Å². The van der Waals surface area contributed by atoms with E-state index in [2.05, 4.69) is 9.97 Å². The number of pyridine rings is 1. The van der Waals surface area contributed by atoms with Crippen LogP contribution in [0.15, 0.2) is 30.9 Å². The Hall–Kier alpha value is -2.50. The van der Waals surface area contributed by atoms with E-state index in [-0.39, 0.29) is 5.69 Å². The maximum atomic E-state index is 10.6. The quantitative estimate of drug-likeness (QED) is 0.768. The standard InChI is InChI=1S/C10H7N3O3/c14-5-7-4-13(6-12-7)8-1-2-9(10(15)16)11-3-8/h1-6H,(H,15,16). The fourth-order valence-electron chi connectivity index (χ4n) is 1.21. The third kappa shape index (κ3) is 1.81. The van der Waals surface area contributed by atoms with Crippen molar-refractivity contribution >= 4 is 12.3 Å². The first-order valence-corrected chi connectivity index (χ1v) is 4.39. The van der Waals surface area contributed by atoms with Crippen LogP contribution < -0.4 is 0 Å². The molecule has 0 bridgehead atoms. The molecule has 2 rings (SSSR count). The largest absolute Gasteiger partial charge is 0.477 e. The predicted molar refractivity (Wildman–Crippen MR) is 53.7 cm³/mol. The van der Waals surface area contributed by atoms with Crippen LogP contribution in [-0.2, 0) is 0 Å². The highest BCUT2D eigenvalue weighted by Crippen LogP contribution is 2.07. The van der Waals surface area contributed by atoms with Crippen LogP contribution in [-0.4, -0.2) is 31.9 Å². The van der Waals surface area contributed by atoms with Crippen LogP contribution in [0.5, 0.6) is 0 Å². The van der Waals surface area contributed by atoms with Crippen molar-refractivity contribution in [2.24, 2.45) is 0 Å². The first-order valence-electron chi connectivity index (χ1n) is 4.39. The number of carboxylic acid groups (broad SMARTS) is 1. The van der Waals surface area contributed by atoms with Gasteiger partial charge in [0.2, 0.25) is 0 Å². The second kappa shape index (κ2) is 3.93. The van der Waals surface area contributed by atoms with E-state index in [1.807, 2.05) is 0 Å². The molecule has 0 saturated carbocycles. The molecule has 80 valence electrons. The highest BCUT2D eigenvalue weighted by atomic mass is 16.4. The molecule has 0 aromatic carbocycles. The van der Waals surface area contributed by atoms with E-state index < -0.39 is 5.97 Å². The van der Waals surface area contributed by atoms with Crippen LogP contribution in [0, 0.1) is 0 Å². The van der Waals surface area contributed by atoms with Crippen LogP contribution in [0.4, 0.5) is 0 Å². The SMILES string of the molecule is O=Cc1cn(-c2ccc(C(=O)O)nc2)cn1. The number of carbonyl (C=O) groups excluding carboxylic acids is 1. The Kier molecular flexibility index (Phi) is 2.47. The average molecular weight is 217 g/mol. The van der Waals surface area contributed by atoms with Gasteiger partial charge < -0.3 is 9.67 Å². The van der Waals surface area contributed by atoms with E-state index in [9.17, 15) is 9.59 Å². The van der Waals surface area contributed by atoms with Gasteiger partial charge in [-0.2, -0.15) is 0 Å². The van der Waals surface area contributed by atoms with Crippen molar-refractivity contribution in [3.63, 3.8) is 0 Å². The number of hydrogen-bond donors (Lipinski definition) is 1. The summed E-state index contributed by atoms with van der Waals surface area (Å²) in [6.45, 7) is 0. The van der Waals surface area contributed by atoms with Crippen LogP contribution in [0.3, 0.4) is 0 Å². The molecule has 0 saturated heterocycles. The zero-order chi connectivity index (χ0) is 11.5. The second-order valence-corrected chi connectivity index (χ2v) is 3.03. The predicted octanol–water partition coefficient (Wildman–Crippen LogP) is 0.778. The summed E-state index contributed by atoms with van der Waals surface area (Å²) in [5, 5.41) is 8.66. The summed E-state index contributed by atoms with van der Waals surface area (Å²) >= 11 is 0. The Balaban J connectivity index is 2.34. The summed E-state index contributed by atoms with van der Waals surface area (Å²) in [7, 11) is 0. The smallest absolute Gasteiger partial charge is 0.354 e. The number of nitrogens with zero attached hydrogens (tertiary/aromatic N) is 3. The Morgan fingerprint density at radius 1 is 1.38 bits per heavy atom. The molecule has 0 amide bonds. The lowest BCUT2D eigenvalue weighted by molar-refractivity contribution is 0.0690. The van der Waals surface area contributed by atoms with Crippen molar-refractivity contribution in [2.75, 3.05) is 0 Å². The third-order valence-electron chi connectivity index (χ3n) is 1.99. The van der Waals surface area contributed by atoms with Crippen molar-refractivity contribution < 1.29 is 14.7 Å². The van der Waals surface area contributed by atoms with Crippen molar-refractivity contribution in [3.05, 3.63) is 42.2 Å². The molecular formula is C10H7N3O3. The number of hydrogen-bond acceptors (Lipinski definition) is 4. The fourth-order valence-corrected chi connectivity index (χ4v) is 1.21. The summed E-state index contributed by atoms with van der Waals surface area (Å²) in [5.41, 5.74) is 0.924. The van der Waals surface area contributed by atoms with Gasteiger partial charge in [0.1, 0.15) is 17.7 Å². The number of aromatic nitrogens is 3. The van der Waals surface area contributed by atoms with Gasteiger partial charge in [0.05, 0.1) is 11.9 Å². The number of rotatable bonds is 3. The van der Waals surface area contributed by atoms with E-state index in [4.69, 9.17) is 5.11 Å². The van der Waals surface area contributed by atoms with Gasteiger partial charge in [0, 0.05) is 6.20 Å². The van der Waals surface area contributed by atoms with E-state index >= 15 is 0 Å². The first kappa shape index (κ1) is 10.0. The van der Waals surface area contributed by atoms with E-state index in [1.165, 1.54) is 24.8 Å². The fraction of sp³-hybridized carbons (Fsp3) is 0. The lowest BCUT2D eigenvalue weighted by Gasteiger charge is -2.00. The Morgan fingerprint density at radius 3 is 2.69 bits per heavy atom. The van der Waals surface area contributed by atoms with Gasteiger partial charge in [0.25, 0.3) is 0 Å². The molecule has 0 fully saturated rings. The number of aromatic carboxylic acids is 1. The Bertz CT molecular complexity index is 530. The molecule has 0 aliphatic carbocycles. The van der Waals surface area contributed by atoms with Crippen molar-refractivity contribution in [2.45, 2.75) is 0 Å². The van der Waals surface area contributed by atoms with Gasteiger partial charge >= 0.3 is 5.97 Å². The number of carboxylic acids is 1. The summed E-state index contributed by atoms with van der Waals surface area (Å²) < 4.78 is 1.59. The van der Waals surface area contributed by atoms with Gasteiger partial charge in [-0.25, -0.2) is 14.8 Å². The molecule has 6 nitrogen and oxygen atoms in total. The first-order chi connectivity index (χ1) is 7.70. The molecule has 0 aliphatic rings. The third-order valence-corrected chi connectivity index (χ3v) is 1.99. The molecule has 0 radical (unpaired) electrons. The van der Waals surface area contributed by atoms with E-state index in [0.717, 1.165) is 0 Å². The summed E-state index contributed by atoms with van der Waals surface area (Å²) in [4.78, 5) is 28.6. The summed E-state index contributed by atoms with van der Waals surface area (Å²) in [6.07, 6.45) is 5.03. The maximum absolute atomic E-state index is 10.6. The number of aldehydes is 1. The monoisotopic (exact) mass is 217 g/mol. The minimum atomic E-state index is -1.08. The van der Waals surface area contributed by atoms with Crippen LogP contribution in [0.1, 0.15) is 21.0 Å². The van der Waals surface area contributed by atoms with Gasteiger partial charge in [-0.15, -0.1) is 0 Å². The van der Waals surface area contributed by atoms with E-state index in [0.29, 0.717) is 17.7 Å². The molecule has 2 heterocycles. The molecular weight excluding hydrogens is 210 g/mol. The molecule has 2 aromatic heterocycles. The molecule has 1 N–H and O–H groups in total. The molecule has 0 spiro atoms. The van der Waals surface area contributed by atoms with Crippen molar-refractivity contribution in [1.29, 1.82) is 0 Å². The van der Waals surface area contributed by atoms with Crippen molar-refractivity contribution in [1.82, 2.24) is 14.5 Å². The Labute approximate surface area is 90.2 Å². The minimum Gasteiger partial charge on any atom is -0.477 e. The summed E-state index contributed by atoms with van der Waals surface area (Å²) in [5.74, 6) is -1.08. The topological polar surface area (TPSA) is 85.1 Å². The molecule has 0 aliphatic heterocycles. The molecule has 0 unspecified atom stereocenters. The maximum Gasteiger partial charge on any atom is 0.354 e.